The van der Waals surface area contributed by atoms with Crippen molar-refractivity contribution < 1.29 is 9.53 Å². The van der Waals surface area contributed by atoms with Gasteiger partial charge in [-0.3, -0.25) is 0 Å². The summed E-state index contributed by atoms with van der Waals surface area (Å²) in [4.78, 5) is 12.1. The lowest BCUT2D eigenvalue weighted by atomic mass is 9.91. The van der Waals surface area contributed by atoms with Gasteiger partial charge in [-0.2, -0.15) is 0 Å². The molecule has 1 rings (SSSR count). The Morgan fingerprint density at radius 1 is 1.11 bits per heavy atom. The standard InChI is InChI=1S/C16H20O2/c1-11(2)16(6,12(3)4)18-15(17)14-9-7-13(5)8-10-14/h7-10H,1,3H2,2,4-6H3. The molecule has 18 heavy (non-hydrogen) atoms. The van der Waals surface area contributed by atoms with Crippen molar-refractivity contribution in [3.63, 3.8) is 0 Å². The molecule has 0 amide bonds. The SMILES string of the molecule is C=C(C)C(C)(OC(=O)c1ccc(C)cc1)C(=C)C. The summed E-state index contributed by atoms with van der Waals surface area (Å²) in [7, 11) is 0. The van der Waals surface area contributed by atoms with Gasteiger partial charge in [-0.15, -0.1) is 0 Å². The summed E-state index contributed by atoms with van der Waals surface area (Å²) in [5.41, 5.74) is 2.34. The van der Waals surface area contributed by atoms with E-state index in [9.17, 15) is 4.79 Å². The minimum atomic E-state index is -0.817. The van der Waals surface area contributed by atoms with Crippen LogP contribution in [-0.2, 0) is 4.74 Å². The summed E-state index contributed by atoms with van der Waals surface area (Å²) in [6, 6.07) is 7.29. The van der Waals surface area contributed by atoms with Gasteiger partial charge in [-0.1, -0.05) is 30.9 Å². The molecule has 2 nitrogen and oxygen atoms in total. The van der Waals surface area contributed by atoms with Crippen LogP contribution in [0, 0.1) is 6.92 Å². The molecule has 96 valence electrons. The van der Waals surface area contributed by atoms with Gasteiger partial charge in [0.15, 0.2) is 5.60 Å². The van der Waals surface area contributed by atoms with Gasteiger partial charge >= 0.3 is 5.97 Å². The first-order valence-corrected chi connectivity index (χ1v) is 5.89. The van der Waals surface area contributed by atoms with E-state index in [1.54, 1.807) is 12.1 Å². The molecule has 0 unspecified atom stereocenters. The summed E-state index contributed by atoms with van der Waals surface area (Å²) >= 11 is 0. The van der Waals surface area contributed by atoms with E-state index in [1.165, 1.54) is 0 Å². The van der Waals surface area contributed by atoms with Gasteiger partial charge in [0.25, 0.3) is 0 Å². The molecule has 0 radical (unpaired) electrons. The van der Waals surface area contributed by atoms with E-state index in [0.717, 1.165) is 16.7 Å². The molecule has 0 aliphatic carbocycles. The molecule has 1 aromatic carbocycles. The lowest BCUT2D eigenvalue weighted by Gasteiger charge is -2.30. The Balaban J connectivity index is 2.96. The Labute approximate surface area is 109 Å². The smallest absolute Gasteiger partial charge is 0.339 e. The molecule has 0 aromatic heterocycles. The van der Waals surface area contributed by atoms with Crippen LogP contribution < -0.4 is 0 Å². The fourth-order valence-electron chi connectivity index (χ4n) is 1.47. The van der Waals surface area contributed by atoms with Crippen LogP contribution in [0.2, 0.25) is 0 Å². The van der Waals surface area contributed by atoms with Gasteiger partial charge in [0.1, 0.15) is 0 Å². The molecular formula is C16H20O2. The molecule has 0 spiro atoms. The van der Waals surface area contributed by atoms with Crippen LogP contribution in [0.3, 0.4) is 0 Å². The van der Waals surface area contributed by atoms with Crippen LogP contribution >= 0.6 is 0 Å². The molecule has 2 heteroatoms. The van der Waals surface area contributed by atoms with E-state index in [2.05, 4.69) is 13.2 Å². The Kier molecular flexibility index (Phi) is 4.12. The van der Waals surface area contributed by atoms with Crippen molar-refractivity contribution in [3.8, 4) is 0 Å². The van der Waals surface area contributed by atoms with Crippen molar-refractivity contribution >= 4 is 5.97 Å². The molecule has 0 aliphatic rings. The number of rotatable bonds is 4. The van der Waals surface area contributed by atoms with Gasteiger partial charge in [0.05, 0.1) is 5.56 Å². The van der Waals surface area contributed by atoms with E-state index in [0.29, 0.717) is 5.56 Å². The van der Waals surface area contributed by atoms with Crippen LogP contribution in [0.15, 0.2) is 48.6 Å². The molecule has 0 saturated carbocycles. The number of aryl methyl sites for hydroxylation is 1. The Morgan fingerprint density at radius 2 is 1.56 bits per heavy atom. The normalized spacial score (nSPS) is 10.9. The molecule has 0 heterocycles. The van der Waals surface area contributed by atoms with Crippen molar-refractivity contribution in [2.45, 2.75) is 33.3 Å². The molecule has 1 aromatic rings. The topological polar surface area (TPSA) is 26.3 Å². The maximum absolute atomic E-state index is 12.1. The number of benzene rings is 1. The predicted octanol–water partition coefficient (Wildman–Crippen LogP) is 4.06. The van der Waals surface area contributed by atoms with Gasteiger partial charge in [0, 0.05) is 0 Å². The highest BCUT2D eigenvalue weighted by Gasteiger charge is 2.31. The Bertz CT molecular complexity index is 466. The molecule has 0 N–H and O–H groups in total. The number of carbonyl (C=O) groups is 1. The average molecular weight is 244 g/mol. The van der Waals surface area contributed by atoms with E-state index in [1.807, 2.05) is 39.8 Å². The fourth-order valence-corrected chi connectivity index (χ4v) is 1.47. The number of hydrogen-bond donors (Lipinski definition) is 0. The molecule has 0 atom stereocenters. The first-order valence-electron chi connectivity index (χ1n) is 5.89. The minimum Gasteiger partial charge on any atom is -0.447 e. The number of ether oxygens (including phenoxy) is 1. The zero-order valence-corrected chi connectivity index (χ0v) is 11.5. The second-order valence-electron chi connectivity index (χ2n) is 4.85. The molecule has 0 aliphatic heterocycles. The predicted molar refractivity (Wildman–Crippen MR) is 74.6 cm³/mol. The van der Waals surface area contributed by atoms with E-state index in [4.69, 9.17) is 4.74 Å². The molecule has 0 bridgehead atoms. The monoisotopic (exact) mass is 244 g/mol. The third-order valence-corrected chi connectivity index (χ3v) is 3.21. The lowest BCUT2D eigenvalue weighted by Crippen LogP contribution is -2.33. The number of esters is 1. The van der Waals surface area contributed by atoms with E-state index >= 15 is 0 Å². The maximum Gasteiger partial charge on any atom is 0.339 e. The van der Waals surface area contributed by atoms with Crippen LogP contribution in [-0.4, -0.2) is 11.6 Å². The quantitative estimate of drug-likeness (QED) is 0.589. The summed E-state index contributed by atoms with van der Waals surface area (Å²) in [6.07, 6.45) is 0. The van der Waals surface area contributed by atoms with Crippen molar-refractivity contribution in [1.82, 2.24) is 0 Å². The third-order valence-electron chi connectivity index (χ3n) is 3.21. The minimum absolute atomic E-state index is 0.358. The summed E-state index contributed by atoms with van der Waals surface area (Å²) in [6.45, 7) is 15.2. The lowest BCUT2D eigenvalue weighted by molar-refractivity contribution is 0.0193. The van der Waals surface area contributed by atoms with Crippen molar-refractivity contribution in [2.75, 3.05) is 0 Å². The Hall–Kier alpha value is -1.83. The average Bonchev–Trinajstić information content (AvgIpc) is 2.29. The Morgan fingerprint density at radius 3 is 1.94 bits per heavy atom. The summed E-state index contributed by atoms with van der Waals surface area (Å²) in [5.74, 6) is -0.358. The van der Waals surface area contributed by atoms with Gasteiger partial charge in [-0.25, -0.2) is 4.79 Å². The first kappa shape index (κ1) is 14.2. The van der Waals surface area contributed by atoms with Gasteiger partial charge < -0.3 is 4.74 Å². The highest BCUT2D eigenvalue weighted by atomic mass is 16.6. The summed E-state index contributed by atoms with van der Waals surface area (Å²) in [5, 5.41) is 0. The molecule has 0 fully saturated rings. The highest BCUT2D eigenvalue weighted by Crippen LogP contribution is 2.28. The van der Waals surface area contributed by atoms with E-state index < -0.39 is 5.60 Å². The van der Waals surface area contributed by atoms with Crippen LogP contribution in [0.1, 0.15) is 36.7 Å². The largest absolute Gasteiger partial charge is 0.447 e. The number of carbonyl (C=O) groups excluding carboxylic acids is 1. The van der Waals surface area contributed by atoms with Crippen molar-refractivity contribution in [3.05, 3.63) is 59.7 Å². The first-order chi connectivity index (χ1) is 8.27. The van der Waals surface area contributed by atoms with Crippen LogP contribution in [0.4, 0.5) is 0 Å². The fraction of sp³-hybridized carbons (Fsp3) is 0.312. The highest BCUT2D eigenvalue weighted by molar-refractivity contribution is 5.90. The molecular weight excluding hydrogens is 224 g/mol. The maximum atomic E-state index is 12.1. The third kappa shape index (κ3) is 2.89. The van der Waals surface area contributed by atoms with Crippen molar-refractivity contribution in [1.29, 1.82) is 0 Å². The van der Waals surface area contributed by atoms with Crippen LogP contribution in [0.5, 0.6) is 0 Å². The second-order valence-corrected chi connectivity index (χ2v) is 4.85. The zero-order chi connectivity index (χ0) is 13.9. The van der Waals surface area contributed by atoms with Crippen LogP contribution in [0.25, 0.3) is 0 Å². The number of hydrogen-bond acceptors (Lipinski definition) is 2. The van der Waals surface area contributed by atoms with E-state index in [-0.39, 0.29) is 5.97 Å². The van der Waals surface area contributed by atoms with Crippen molar-refractivity contribution in [2.24, 2.45) is 0 Å². The second kappa shape index (κ2) is 5.21. The zero-order valence-electron chi connectivity index (χ0n) is 11.5. The molecule has 0 saturated heterocycles. The van der Waals surface area contributed by atoms with Gasteiger partial charge in [0.2, 0.25) is 0 Å². The summed E-state index contributed by atoms with van der Waals surface area (Å²) < 4.78 is 5.55. The van der Waals surface area contributed by atoms with Gasteiger partial charge in [-0.05, 0) is 51.0 Å².